The summed E-state index contributed by atoms with van der Waals surface area (Å²) in [5, 5.41) is 0. The summed E-state index contributed by atoms with van der Waals surface area (Å²) in [6, 6.07) is 10.3. The Bertz CT molecular complexity index is 463. The highest BCUT2D eigenvalue weighted by molar-refractivity contribution is 5.59. The molecule has 0 unspecified atom stereocenters. The molecule has 2 rings (SSSR count). The van der Waals surface area contributed by atoms with Crippen LogP contribution in [0.4, 0.5) is 11.5 Å². The van der Waals surface area contributed by atoms with Gasteiger partial charge < -0.3 is 4.90 Å². The minimum atomic E-state index is 0.915. The molecular weight excluding hydrogens is 234 g/mol. The minimum absolute atomic E-state index is 0.915. The van der Waals surface area contributed by atoms with Crippen LogP contribution in [-0.4, -0.2) is 17.0 Å². The molecule has 1 aromatic heterocycles. The van der Waals surface area contributed by atoms with Crippen molar-refractivity contribution in [3.63, 3.8) is 0 Å². The smallest absolute Gasteiger partial charge is 0.136 e. The third-order valence-electron chi connectivity index (χ3n) is 2.52. The van der Waals surface area contributed by atoms with Gasteiger partial charge in [0.1, 0.15) is 12.1 Å². The van der Waals surface area contributed by atoms with Crippen LogP contribution < -0.4 is 4.90 Å². The van der Waals surface area contributed by atoms with E-state index >= 15 is 0 Å². The first-order valence-corrected chi connectivity index (χ1v) is 6.67. The van der Waals surface area contributed by atoms with Crippen LogP contribution in [0.5, 0.6) is 0 Å². The number of hydrogen-bond acceptors (Lipinski definition) is 3. The second kappa shape index (κ2) is 7.52. The van der Waals surface area contributed by atoms with Crippen molar-refractivity contribution in [2.24, 2.45) is 0 Å². The van der Waals surface area contributed by atoms with Crippen molar-refractivity contribution in [1.29, 1.82) is 0 Å². The summed E-state index contributed by atoms with van der Waals surface area (Å²) in [6.07, 6.45) is 2.84. The molecule has 0 aliphatic rings. The number of aryl methyl sites for hydroxylation is 2. The Kier molecular flexibility index (Phi) is 6.00. The number of aromatic nitrogens is 2. The van der Waals surface area contributed by atoms with Gasteiger partial charge in [0.2, 0.25) is 0 Å². The van der Waals surface area contributed by atoms with Crippen molar-refractivity contribution in [1.82, 2.24) is 9.97 Å². The summed E-state index contributed by atoms with van der Waals surface area (Å²) in [5.74, 6) is 0.915. The van der Waals surface area contributed by atoms with Crippen LogP contribution in [0, 0.1) is 13.8 Å². The highest BCUT2D eigenvalue weighted by Crippen LogP contribution is 2.21. The van der Waals surface area contributed by atoms with E-state index in [-0.39, 0.29) is 0 Å². The zero-order valence-electron chi connectivity index (χ0n) is 12.5. The third-order valence-corrected chi connectivity index (χ3v) is 2.52. The maximum Gasteiger partial charge on any atom is 0.136 e. The van der Waals surface area contributed by atoms with Crippen LogP contribution in [0.1, 0.15) is 31.5 Å². The van der Waals surface area contributed by atoms with Crippen LogP contribution in [0.25, 0.3) is 0 Å². The summed E-state index contributed by atoms with van der Waals surface area (Å²) >= 11 is 0. The number of benzene rings is 1. The molecule has 3 nitrogen and oxygen atoms in total. The zero-order valence-corrected chi connectivity index (χ0v) is 12.5. The Hall–Kier alpha value is -1.90. The van der Waals surface area contributed by atoms with E-state index in [1.807, 2.05) is 20.0 Å². The Morgan fingerprint density at radius 1 is 1.05 bits per heavy atom. The van der Waals surface area contributed by atoms with Crippen LogP contribution in [0.2, 0.25) is 0 Å². The van der Waals surface area contributed by atoms with Crippen LogP contribution >= 0.6 is 0 Å². The number of anilines is 2. The predicted octanol–water partition coefficient (Wildman–Crippen LogP) is 4.28. The van der Waals surface area contributed by atoms with Crippen molar-refractivity contribution < 1.29 is 0 Å². The van der Waals surface area contributed by atoms with Crippen molar-refractivity contribution >= 4 is 11.5 Å². The molecule has 1 heterocycles. The number of nitrogens with zero attached hydrogens (tertiary/aromatic N) is 3. The third kappa shape index (κ3) is 4.70. The van der Waals surface area contributed by atoms with Gasteiger partial charge in [-0.1, -0.05) is 32.4 Å². The summed E-state index contributed by atoms with van der Waals surface area (Å²) in [5.41, 5.74) is 3.36. The van der Waals surface area contributed by atoms with Gasteiger partial charge in [-0.05, 0) is 31.5 Å². The molecule has 19 heavy (non-hydrogen) atoms. The standard InChI is InChI=1S/C13H15N3.C3H8/c1-10-5-4-6-12(7-10)16(3)13-8-11(2)14-9-15-13;1-3-2/h4-9H,1-3H3;3H2,1-2H3. The SMILES string of the molecule is CCC.Cc1cccc(N(C)c2cc(C)ncn2)c1. The van der Waals surface area contributed by atoms with Crippen molar-refractivity contribution in [2.75, 3.05) is 11.9 Å². The van der Waals surface area contributed by atoms with Crippen molar-refractivity contribution in [3.8, 4) is 0 Å². The largest absolute Gasteiger partial charge is 0.329 e. The summed E-state index contributed by atoms with van der Waals surface area (Å²) in [7, 11) is 2.01. The zero-order chi connectivity index (χ0) is 14.3. The molecule has 0 aliphatic carbocycles. The van der Waals surface area contributed by atoms with Gasteiger partial charge in [-0.3, -0.25) is 0 Å². The lowest BCUT2D eigenvalue weighted by Crippen LogP contribution is -2.11. The predicted molar refractivity (Wildman–Crippen MR) is 82.0 cm³/mol. The molecule has 102 valence electrons. The van der Waals surface area contributed by atoms with E-state index in [4.69, 9.17) is 0 Å². The topological polar surface area (TPSA) is 29.0 Å². The van der Waals surface area contributed by atoms with Crippen molar-refractivity contribution in [2.45, 2.75) is 34.1 Å². The highest BCUT2D eigenvalue weighted by Gasteiger charge is 2.05. The summed E-state index contributed by atoms with van der Waals surface area (Å²) in [4.78, 5) is 10.4. The van der Waals surface area contributed by atoms with Gasteiger partial charge in [-0.15, -0.1) is 0 Å². The van der Waals surface area contributed by atoms with E-state index in [0.717, 1.165) is 17.2 Å². The Morgan fingerprint density at radius 2 is 1.74 bits per heavy atom. The molecule has 0 spiro atoms. The van der Waals surface area contributed by atoms with Crippen LogP contribution in [0.3, 0.4) is 0 Å². The van der Waals surface area contributed by atoms with Gasteiger partial charge in [0.05, 0.1) is 0 Å². The minimum Gasteiger partial charge on any atom is -0.329 e. The van der Waals surface area contributed by atoms with Gasteiger partial charge in [0.15, 0.2) is 0 Å². The quantitative estimate of drug-likeness (QED) is 0.804. The van der Waals surface area contributed by atoms with E-state index in [0.29, 0.717) is 0 Å². The molecule has 0 fully saturated rings. The van der Waals surface area contributed by atoms with Gasteiger partial charge in [-0.25, -0.2) is 9.97 Å². The fraction of sp³-hybridized carbons (Fsp3) is 0.375. The first-order chi connectivity index (χ1) is 9.08. The molecule has 0 saturated carbocycles. The summed E-state index contributed by atoms with van der Waals surface area (Å²) in [6.45, 7) is 8.30. The first kappa shape index (κ1) is 15.2. The fourth-order valence-corrected chi connectivity index (χ4v) is 1.59. The molecule has 0 N–H and O–H groups in total. The van der Waals surface area contributed by atoms with Gasteiger partial charge >= 0.3 is 0 Å². The van der Waals surface area contributed by atoms with Gasteiger partial charge in [0.25, 0.3) is 0 Å². The Labute approximate surface area is 116 Å². The first-order valence-electron chi connectivity index (χ1n) is 6.67. The van der Waals surface area contributed by atoms with Gasteiger partial charge in [0, 0.05) is 24.5 Å². The van der Waals surface area contributed by atoms with E-state index in [2.05, 4.69) is 59.9 Å². The second-order valence-corrected chi connectivity index (χ2v) is 4.62. The average Bonchev–Trinajstić information content (AvgIpc) is 2.39. The molecule has 0 aliphatic heterocycles. The number of hydrogen-bond donors (Lipinski definition) is 0. The second-order valence-electron chi connectivity index (χ2n) is 4.62. The van der Waals surface area contributed by atoms with E-state index in [1.54, 1.807) is 6.33 Å². The van der Waals surface area contributed by atoms with E-state index < -0.39 is 0 Å². The average molecular weight is 257 g/mol. The molecule has 0 radical (unpaired) electrons. The molecule has 0 saturated heterocycles. The van der Waals surface area contributed by atoms with Crippen LogP contribution in [0.15, 0.2) is 36.7 Å². The molecule has 0 atom stereocenters. The lowest BCUT2D eigenvalue weighted by Gasteiger charge is -2.18. The summed E-state index contributed by atoms with van der Waals surface area (Å²) < 4.78 is 0. The maximum absolute atomic E-state index is 4.26. The molecule has 1 aromatic carbocycles. The lowest BCUT2D eigenvalue weighted by atomic mass is 10.2. The van der Waals surface area contributed by atoms with Crippen molar-refractivity contribution in [3.05, 3.63) is 47.9 Å². The lowest BCUT2D eigenvalue weighted by molar-refractivity contribution is 1.05. The molecule has 0 amide bonds. The fourth-order valence-electron chi connectivity index (χ4n) is 1.59. The number of rotatable bonds is 2. The Morgan fingerprint density at radius 3 is 2.32 bits per heavy atom. The normalized spacial score (nSPS) is 9.53. The molecule has 2 aromatic rings. The maximum atomic E-state index is 4.26. The van der Waals surface area contributed by atoms with E-state index in [1.165, 1.54) is 12.0 Å². The highest BCUT2D eigenvalue weighted by atomic mass is 15.2. The Balaban J connectivity index is 0.000000550. The van der Waals surface area contributed by atoms with Gasteiger partial charge in [-0.2, -0.15) is 0 Å². The molecule has 3 heteroatoms. The molecule has 0 bridgehead atoms. The monoisotopic (exact) mass is 257 g/mol. The molecular formula is C16H23N3. The van der Waals surface area contributed by atoms with E-state index in [9.17, 15) is 0 Å². The van der Waals surface area contributed by atoms with Crippen LogP contribution in [-0.2, 0) is 0 Å².